The van der Waals surface area contributed by atoms with Crippen LogP contribution in [0.4, 0.5) is 0 Å². The molecule has 0 aliphatic rings. The van der Waals surface area contributed by atoms with Crippen molar-refractivity contribution in [1.82, 2.24) is 9.55 Å². The third-order valence-electron chi connectivity index (χ3n) is 4.14. The number of hydrogen-bond acceptors (Lipinski definition) is 4. The maximum absolute atomic E-state index is 5.88. The van der Waals surface area contributed by atoms with Gasteiger partial charge in [0.1, 0.15) is 23.9 Å². The number of imidazole rings is 1. The fraction of sp³-hybridized carbons (Fsp3) is 0.316. The summed E-state index contributed by atoms with van der Waals surface area (Å²) in [4.78, 5) is 4.63. The van der Waals surface area contributed by atoms with Gasteiger partial charge in [0.15, 0.2) is 0 Å². The molecule has 0 amide bonds. The zero-order valence-corrected chi connectivity index (χ0v) is 14.2. The molecule has 2 aromatic carbocycles. The summed E-state index contributed by atoms with van der Waals surface area (Å²) in [6.07, 6.45) is 2.01. The fourth-order valence-electron chi connectivity index (χ4n) is 2.68. The van der Waals surface area contributed by atoms with Gasteiger partial charge in [-0.3, -0.25) is 0 Å². The number of methoxy groups -OCH3 is 1. The zero-order chi connectivity index (χ0) is 16.9. The van der Waals surface area contributed by atoms with Gasteiger partial charge in [-0.15, -0.1) is 0 Å². The fourth-order valence-corrected chi connectivity index (χ4v) is 2.68. The lowest BCUT2D eigenvalue weighted by Crippen LogP contribution is -2.03. The summed E-state index contributed by atoms with van der Waals surface area (Å²) in [5.41, 5.74) is 8.79. The molecule has 0 saturated carbocycles. The summed E-state index contributed by atoms with van der Waals surface area (Å²) in [5, 5.41) is 0. The van der Waals surface area contributed by atoms with Crippen molar-refractivity contribution in [2.24, 2.45) is 12.8 Å². The normalized spacial score (nSPS) is 11.0. The molecule has 126 valence electrons. The van der Waals surface area contributed by atoms with Gasteiger partial charge in [-0.1, -0.05) is 12.1 Å². The summed E-state index contributed by atoms with van der Waals surface area (Å²) in [7, 11) is 3.65. The highest BCUT2D eigenvalue weighted by atomic mass is 16.5. The minimum atomic E-state index is 0.426. The Morgan fingerprint density at radius 1 is 1.08 bits per heavy atom. The molecule has 2 N–H and O–H groups in total. The molecule has 24 heavy (non-hydrogen) atoms. The van der Waals surface area contributed by atoms with Crippen LogP contribution in [0.2, 0.25) is 0 Å². The predicted molar refractivity (Wildman–Crippen MR) is 95.4 cm³/mol. The Morgan fingerprint density at radius 3 is 2.54 bits per heavy atom. The molecule has 0 atom stereocenters. The molecule has 3 aromatic rings. The Kier molecular flexibility index (Phi) is 5.01. The lowest BCUT2D eigenvalue weighted by Gasteiger charge is -2.07. The molecule has 0 bridgehead atoms. The average Bonchev–Trinajstić information content (AvgIpc) is 2.94. The number of aryl methyl sites for hydroxylation is 2. The van der Waals surface area contributed by atoms with Crippen LogP contribution in [-0.4, -0.2) is 23.2 Å². The molecule has 5 nitrogen and oxygen atoms in total. The van der Waals surface area contributed by atoms with Crippen molar-refractivity contribution in [2.45, 2.75) is 19.4 Å². The quantitative estimate of drug-likeness (QED) is 0.725. The number of hydrogen-bond donors (Lipinski definition) is 1. The Bertz CT molecular complexity index is 809. The van der Waals surface area contributed by atoms with Crippen LogP contribution in [0.25, 0.3) is 11.0 Å². The highest BCUT2D eigenvalue weighted by molar-refractivity contribution is 5.77. The highest BCUT2D eigenvalue weighted by Crippen LogP contribution is 2.22. The van der Waals surface area contributed by atoms with Gasteiger partial charge in [0.2, 0.25) is 0 Å². The Balaban J connectivity index is 1.70. The zero-order valence-electron chi connectivity index (χ0n) is 14.2. The summed E-state index contributed by atoms with van der Waals surface area (Å²) in [6.45, 7) is 1.14. The standard InChI is InChI=1S/C19H23N3O2/c1-22-18-12-16(23-2)9-10-17(18)21-19(22)13-24-15-7-5-14(6-8-15)4-3-11-20/h5-10,12H,3-4,11,13,20H2,1-2H3. The maximum atomic E-state index is 5.88. The first kappa shape index (κ1) is 16.3. The van der Waals surface area contributed by atoms with Crippen LogP contribution >= 0.6 is 0 Å². The third-order valence-corrected chi connectivity index (χ3v) is 4.14. The van der Waals surface area contributed by atoms with Crippen LogP contribution in [0.5, 0.6) is 11.5 Å². The van der Waals surface area contributed by atoms with Crippen molar-refractivity contribution in [3.8, 4) is 11.5 Å². The molecule has 1 aromatic heterocycles. The smallest absolute Gasteiger partial charge is 0.147 e. The molecule has 0 spiro atoms. The van der Waals surface area contributed by atoms with Crippen LogP contribution < -0.4 is 15.2 Å². The van der Waals surface area contributed by atoms with Crippen LogP contribution in [-0.2, 0) is 20.1 Å². The molecule has 0 aliphatic carbocycles. The highest BCUT2D eigenvalue weighted by Gasteiger charge is 2.09. The molecular formula is C19H23N3O2. The Morgan fingerprint density at radius 2 is 1.83 bits per heavy atom. The summed E-state index contributed by atoms with van der Waals surface area (Å²) >= 11 is 0. The van der Waals surface area contributed by atoms with Crippen LogP contribution in [0.15, 0.2) is 42.5 Å². The minimum absolute atomic E-state index is 0.426. The van der Waals surface area contributed by atoms with Gasteiger partial charge in [0, 0.05) is 13.1 Å². The van der Waals surface area contributed by atoms with Gasteiger partial charge in [0.25, 0.3) is 0 Å². The van der Waals surface area contributed by atoms with Crippen molar-refractivity contribution in [3.63, 3.8) is 0 Å². The van der Waals surface area contributed by atoms with E-state index >= 15 is 0 Å². The summed E-state index contributed by atoms with van der Waals surface area (Å²) < 4.78 is 13.2. The second kappa shape index (κ2) is 7.36. The van der Waals surface area contributed by atoms with Gasteiger partial charge in [0.05, 0.1) is 18.1 Å². The first-order valence-electron chi connectivity index (χ1n) is 8.12. The number of aromatic nitrogens is 2. The molecule has 0 aliphatic heterocycles. The van der Waals surface area contributed by atoms with Crippen molar-refractivity contribution in [1.29, 1.82) is 0 Å². The van der Waals surface area contributed by atoms with E-state index < -0.39 is 0 Å². The lowest BCUT2D eigenvalue weighted by atomic mass is 10.1. The summed E-state index contributed by atoms with van der Waals surface area (Å²) in [5.74, 6) is 2.55. The average molecular weight is 325 g/mol. The molecule has 0 radical (unpaired) electrons. The molecule has 0 saturated heterocycles. The van der Waals surface area contributed by atoms with E-state index in [1.165, 1.54) is 5.56 Å². The maximum Gasteiger partial charge on any atom is 0.147 e. The second-order valence-electron chi connectivity index (χ2n) is 5.77. The van der Waals surface area contributed by atoms with Gasteiger partial charge in [-0.25, -0.2) is 4.98 Å². The lowest BCUT2D eigenvalue weighted by molar-refractivity contribution is 0.292. The first-order valence-corrected chi connectivity index (χ1v) is 8.12. The molecule has 0 fully saturated rings. The third kappa shape index (κ3) is 3.51. The first-order chi connectivity index (χ1) is 11.7. The van der Waals surface area contributed by atoms with E-state index in [9.17, 15) is 0 Å². The van der Waals surface area contributed by atoms with E-state index in [-0.39, 0.29) is 0 Å². The van der Waals surface area contributed by atoms with E-state index in [4.69, 9.17) is 15.2 Å². The predicted octanol–water partition coefficient (Wildman–Crippen LogP) is 3.05. The van der Waals surface area contributed by atoms with Crippen molar-refractivity contribution >= 4 is 11.0 Å². The number of benzene rings is 2. The number of nitrogens with two attached hydrogens (primary N) is 1. The van der Waals surface area contributed by atoms with Crippen molar-refractivity contribution < 1.29 is 9.47 Å². The largest absolute Gasteiger partial charge is 0.497 e. The second-order valence-corrected chi connectivity index (χ2v) is 5.77. The van der Waals surface area contributed by atoms with Crippen LogP contribution in [0, 0.1) is 0 Å². The Labute approximate surface area is 142 Å². The topological polar surface area (TPSA) is 62.3 Å². The van der Waals surface area contributed by atoms with Gasteiger partial charge >= 0.3 is 0 Å². The number of fused-ring (bicyclic) bond motifs is 1. The summed E-state index contributed by atoms with van der Waals surface area (Å²) in [6, 6.07) is 14.0. The van der Waals surface area contributed by atoms with Gasteiger partial charge in [-0.05, 0) is 49.2 Å². The monoisotopic (exact) mass is 325 g/mol. The number of rotatable bonds is 7. The van der Waals surface area contributed by atoms with E-state index in [0.29, 0.717) is 6.61 Å². The molecule has 3 rings (SSSR count). The minimum Gasteiger partial charge on any atom is -0.497 e. The van der Waals surface area contributed by atoms with E-state index in [1.54, 1.807) is 7.11 Å². The van der Waals surface area contributed by atoms with Gasteiger partial charge < -0.3 is 19.8 Å². The van der Waals surface area contributed by atoms with E-state index in [2.05, 4.69) is 17.1 Å². The number of ether oxygens (including phenoxy) is 2. The SMILES string of the molecule is COc1ccc2nc(COc3ccc(CCCN)cc3)n(C)c2c1. The van der Waals surface area contributed by atoms with E-state index in [0.717, 1.165) is 47.7 Å². The molecule has 0 unspecified atom stereocenters. The Hall–Kier alpha value is -2.53. The van der Waals surface area contributed by atoms with Crippen molar-refractivity contribution in [2.75, 3.05) is 13.7 Å². The molecule has 1 heterocycles. The van der Waals surface area contributed by atoms with E-state index in [1.807, 2.05) is 41.9 Å². The molecular weight excluding hydrogens is 302 g/mol. The van der Waals surface area contributed by atoms with Crippen LogP contribution in [0.3, 0.4) is 0 Å². The van der Waals surface area contributed by atoms with Crippen LogP contribution in [0.1, 0.15) is 17.8 Å². The van der Waals surface area contributed by atoms with Gasteiger partial charge in [-0.2, -0.15) is 0 Å². The van der Waals surface area contributed by atoms with Crippen molar-refractivity contribution in [3.05, 3.63) is 53.9 Å². The number of nitrogens with zero attached hydrogens (tertiary/aromatic N) is 2. The molecule has 5 heteroatoms.